The number of methoxy groups -OCH3 is 1. The van der Waals surface area contributed by atoms with Crippen molar-refractivity contribution in [1.82, 2.24) is 4.40 Å². The molecule has 2 aromatic heterocycles. The SMILES string of the molecule is COC(=O)c1cc(C(=O)c2cccc([N+](=O)[O-])c2)n2ccccc12. The zero-order chi connectivity index (χ0) is 17.3. The molecule has 0 aliphatic carbocycles. The number of hydrogen-bond acceptors (Lipinski definition) is 5. The molecule has 0 N–H and O–H groups in total. The summed E-state index contributed by atoms with van der Waals surface area (Å²) in [6.45, 7) is 0. The minimum atomic E-state index is -0.563. The predicted octanol–water partition coefficient (Wildman–Crippen LogP) is 2.87. The first kappa shape index (κ1) is 15.4. The molecule has 0 unspecified atom stereocenters. The normalized spacial score (nSPS) is 10.5. The van der Waals surface area contributed by atoms with Gasteiger partial charge in [0.1, 0.15) is 0 Å². The summed E-state index contributed by atoms with van der Waals surface area (Å²) in [5, 5.41) is 10.9. The van der Waals surface area contributed by atoms with Gasteiger partial charge < -0.3 is 9.14 Å². The number of carbonyl (C=O) groups excluding carboxylic acids is 2. The molecular weight excluding hydrogens is 312 g/mol. The molecule has 7 heteroatoms. The van der Waals surface area contributed by atoms with Crippen molar-refractivity contribution in [1.29, 1.82) is 0 Å². The highest BCUT2D eigenvalue weighted by atomic mass is 16.6. The minimum absolute atomic E-state index is 0.170. The van der Waals surface area contributed by atoms with Crippen molar-refractivity contribution in [2.24, 2.45) is 0 Å². The van der Waals surface area contributed by atoms with Crippen LogP contribution in [0.1, 0.15) is 26.4 Å². The van der Waals surface area contributed by atoms with E-state index in [4.69, 9.17) is 4.74 Å². The second kappa shape index (κ2) is 5.96. The highest BCUT2D eigenvalue weighted by Crippen LogP contribution is 2.22. The molecule has 24 heavy (non-hydrogen) atoms. The van der Waals surface area contributed by atoms with Crippen molar-refractivity contribution >= 4 is 23.0 Å². The number of nitrogens with zero attached hydrogens (tertiary/aromatic N) is 2. The number of nitro benzene ring substituents is 1. The number of nitro groups is 1. The summed E-state index contributed by atoms with van der Waals surface area (Å²) < 4.78 is 6.30. The molecule has 3 aromatic rings. The van der Waals surface area contributed by atoms with Gasteiger partial charge in [-0.3, -0.25) is 14.9 Å². The fourth-order valence-electron chi connectivity index (χ4n) is 2.51. The molecule has 0 atom stereocenters. The summed E-state index contributed by atoms with van der Waals surface area (Å²) in [6.07, 6.45) is 1.65. The van der Waals surface area contributed by atoms with E-state index < -0.39 is 16.7 Å². The van der Waals surface area contributed by atoms with Gasteiger partial charge in [0.15, 0.2) is 0 Å². The lowest BCUT2D eigenvalue weighted by Crippen LogP contribution is -2.05. The zero-order valence-corrected chi connectivity index (χ0v) is 12.6. The first-order valence-corrected chi connectivity index (χ1v) is 7.00. The monoisotopic (exact) mass is 324 g/mol. The Hall–Kier alpha value is -3.48. The number of esters is 1. The van der Waals surface area contributed by atoms with Crippen LogP contribution < -0.4 is 0 Å². The largest absolute Gasteiger partial charge is 0.465 e. The van der Waals surface area contributed by atoms with Gasteiger partial charge in [0.2, 0.25) is 5.78 Å². The number of aromatic nitrogens is 1. The summed E-state index contributed by atoms with van der Waals surface area (Å²) in [6, 6.07) is 12.0. The quantitative estimate of drug-likeness (QED) is 0.318. The Balaban J connectivity index is 2.16. The van der Waals surface area contributed by atoms with Crippen molar-refractivity contribution in [3.63, 3.8) is 0 Å². The molecule has 0 aliphatic rings. The fourth-order valence-corrected chi connectivity index (χ4v) is 2.51. The standard InChI is InChI=1S/C17H12N2O5/c1-24-17(21)13-10-15(18-8-3-2-7-14(13)18)16(20)11-5-4-6-12(9-11)19(22)23/h2-10H,1H3. The molecule has 7 nitrogen and oxygen atoms in total. The van der Waals surface area contributed by atoms with Gasteiger partial charge in [-0.15, -0.1) is 0 Å². The Morgan fingerprint density at radius 1 is 1.12 bits per heavy atom. The number of fused-ring (bicyclic) bond motifs is 1. The van der Waals surface area contributed by atoms with Crippen LogP contribution in [0.2, 0.25) is 0 Å². The van der Waals surface area contributed by atoms with Crippen LogP contribution in [0.4, 0.5) is 5.69 Å². The highest BCUT2D eigenvalue weighted by molar-refractivity contribution is 6.11. The molecule has 0 aliphatic heterocycles. The molecule has 0 spiro atoms. The maximum absolute atomic E-state index is 12.8. The van der Waals surface area contributed by atoms with Crippen molar-refractivity contribution in [2.45, 2.75) is 0 Å². The minimum Gasteiger partial charge on any atom is -0.465 e. The molecule has 120 valence electrons. The number of carbonyl (C=O) groups is 2. The maximum Gasteiger partial charge on any atom is 0.340 e. The lowest BCUT2D eigenvalue weighted by atomic mass is 10.1. The lowest BCUT2D eigenvalue weighted by Gasteiger charge is -2.02. The topological polar surface area (TPSA) is 90.9 Å². The summed E-state index contributed by atoms with van der Waals surface area (Å²) in [5.41, 5.74) is 1.01. The molecule has 0 amide bonds. The van der Waals surface area contributed by atoms with Gasteiger partial charge in [-0.1, -0.05) is 18.2 Å². The summed E-state index contributed by atoms with van der Waals surface area (Å²) in [4.78, 5) is 35.0. The number of non-ortho nitro benzene ring substituents is 1. The van der Waals surface area contributed by atoms with Crippen molar-refractivity contribution in [3.8, 4) is 0 Å². The van der Waals surface area contributed by atoms with E-state index in [2.05, 4.69) is 0 Å². The van der Waals surface area contributed by atoms with Crippen LogP contribution in [0.25, 0.3) is 5.52 Å². The second-order valence-electron chi connectivity index (χ2n) is 5.03. The van der Waals surface area contributed by atoms with Gasteiger partial charge >= 0.3 is 5.97 Å². The van der Waals surface area contributed by atoms with E-state index in [0.29, 0.717) is 5.52 Å². The van der Waals surface area contributed by atoms with Crippen LogP contribution in [-0.2, 0) is 4.74 Å². The molecule has 0 fully saturated rings. The summed E-state index contributed by atoms with van der Waals surface area (Å²) >= 11 is 0. The molecule has 1 aromatic carbocycles. The predicted molar refractivity (Wildman–Crippen MR) is 85.3 cm³/mol. The molecule has 0 saturated heterocycles. The van der Waals surface area contributed by atoms with Crippen molar-refractivity contribution < 1.29 is 19.2 Å². The summed E-state index contributed by atoms with van der Waals surface area (Å²) in [5.74, 6) is -0.980. The van der Waals surface area contributed by atoms with Gasteiger partial charge in [-0.2, -0.15) is 0 Å². The number of pyridine rings is 1. The number of rotatable bonds is 4. The first-order valence-electron chi connectivity index (χ1n) is 7.00. The van der Waals surface area contributed by atoms with E-state index >= 15 is 0 Å². The Morgan fingerprint density at radius 3 is 2.62 bits per heavy atom. The van der Waals surface area contributed by atoms with Gasteiger partial charge in [-0.25, -0.2) is 4.79 Å². The van der Waals surface area contributed by atoms with Gasteiger partial charge in [0, 0.05) is 23.9 Å². The van der Waals surface area contributed by atoms with E-state index in [-0.39, 0.29) is 22.5 Å². The maximum atomic E-state index is 12.8. The molecule has 2 heterocycles. The third-order valence-electron chi connectivity index (χ3n) is 3.63. The number of hydrogen-bond donors (Lipinski definition) is 0. The average molecular weight is 324 g/mol. The fraction of sp³-hybridized carbons (Fsp3) is 0.0588. The third-order valence-corrected chi connectivity index (χ3v) is 3.63. The van der Waals surface area contributed by atoms with E-state index in [9.17, 15) is 19.7 Å². The lowest BCUT2D eigenvalue weighted by molar-refractivity contribution is -0.384. The average Bonchev–Trinajstić information content (AvgIpc) is 3.00. The Labute approximate surface area is 136 Å². The number of ketones is 1. The van der Waals surface area contributed by atoms with E-state index in [1.54, 1.807) is 28.8 Å². The van der Waals surface area contributed by atoms with Crippen LogP contribution >= 0.6 is 0 Å². The summed E-state index contributed by atoms with van der Waals surface area (Å²) in [7, 11) is 1.26. The van der Waals surface area contributed by atoms with Crippen LogP contribution in [0, 0.1) is 10.1 Å². The Bertz CT molecular complexity index is 974. The number of ether oxygens (including phenoxy) is 1. The van der Waals surface area contributed by atoms with Crippen LogP contribution in [0.5, 0.6) is 0 Å². The molecule has 0 radical (unpaired) electrons. The molecule has 0 saturated carbocycles. The van der Waals surface area contributed by atoms with Crippen LogP contribution in [-0.4, -0.2) is 28.2 Å². The van der Waals surface area contributed by atoms with Crippen LogP contribution in [0.15, 0.2) is 54.7 Å². The first-order chi connectivity index (χ1) is 11.5. The highest BCUT2D eigenvalue weighted by Gasteiger charge is 2.21. The second-order valence-corrected chi connectivity index (χ2v) is 5.03. The molecule has 0 bridgehead atoms. The van der Waals surface area contributed by atoms with E-state index in [1.807, 2.05) is 0 Å². The Kier molecular flexibility index (Phi) is 3.83. The molecular formula is C17H12N2O5. The van der Waals surface area contributed by atoms with Gasteiger partial charge in [-0.05, 0) is 18.2 Å². The van der Waals surface area contributed by atoms with E-state index in [1.165, 1.54) is 37.4 Å². The zero-order valence-electron chi connectivity index (χ0n) is 12.6. The van der Waals surface area contributed by atoms with Gasteiger partial charge in [0.05, 0.1) is 28.8 Å². The smallest absolute Gasteiger partial charge is 0.340 e. The van der Waals surface area contributed by atoms with E-state index in [0.717, 1.165) is 0 Å². The Morgan fingerprint density at radius 2 is 1.92 bits per heavy atom. The van der Waals surface area contributed by atoms with Crippen molar-refractivity contribution in [2.75, 3.05) is 7.11 Å². The van der Waals surface area contributed by atoms with Crippen molar-refractivity contribution in [3.05, 3.63) is 81.7 Å². The molecule has 3 rings (SSSR count). The third kappa shape index (κ3) is 2.52. The van der Waals surface area contributed by atoms with Crippen LogP contribution in [0.3, 0.4) is 0 Å². The number of benzene rings is 1. The van der Waals surface area contributed by atoms with Gasteiger partial charge in [0.25, 0.3) is 5.69 Å².